The van der Waals surface area contributed by atoms with Crippen LogP contribution in [0.25, 0.3) is 0 Å². The molecule has 2 nitrogen and oxygen atoms in total. The second-order valence-corrected chi connectivity index (χ2v) is 4.79. The molecule has 0 bridgehead atoms. The number of para-hydroxylation sites is 1. The molecule has 94 valence electrons. The Balaban J connectivity index is 1.89. The van der Waals surface area contributed by atoms with Crippen molar-refractivity contribution in [2.75, 3.05) is 7.11 Å². The van der Waals surface area contributed by atoms with Crippen molar-refractivity contribution in [3.8, 4) is 5.75 Å². The van der Waals surface area contributed by atoms with Crippen molar-refractivity contribution in [3.05, 3.63) is 53.6 Å². The predicted octanol–water partition coefficient (Wildman–Crippen LogP) is 3.80. The molecule has 0 saturated heterocycles. The third-order valence-corrected chi connectivity index (χ3v) is 3.64. The summed E-state index contributed by atoms with van der Waals surface area (Å²) in [6.07, 6.45) is 10.1. The van der Waals surface area contributed by atoms with Gasteiger partial charge in [-0.1, -0.05) is 36.4 Å². The number of ether oxygens (including phenoxy) is 2. The number of methoxy groups -OCH3 is 1. The Labute approximate surface area is 108 Å². The smallest absolute Gasteiger partial charge is 0.126 e. The number of fused-ring (bicyclic) bond motifs is 1. The minimum Gasteiger partial charge on any atom is -0.485 e. The monoisotopic (exact) mass is 242 g/mol. The van der Waals surface area contributed by atoms with E-state index >= 15 is 0 Å². The van der Waals surface area contributed by atoms with Crippen molar-refractivity contribution in [2.24, 2.45) is 0 Å². The minimum absolute atomic E-state index is 0.126. The highest BCUT2D eigenvalue weighted by atomic mass is 16.5. The highest BCUT2D eigenvalue weighted by molar-refractivity contribution is 5.40. The third kappa shape index (κ3) is 2.08. The molecule has 0 aromatic heterocycles. The van der Waals surface area contributed by atoms with Crippen LogP contribution in [-0.4, -0.2) is 13.2 Å². The van der Waals surface area contributed by atoms with Gasteiger partial charge in [0.2, 0.25) is 0 Å². The van der Waals surface area contributed by atoms with Gasteiger partial charge in [0.05, 0.1) is 6.10 Å². The fourth-order valence-electron chi connectivity index (χ4n) is 2.68. The van der Waals surface area contributed by atoms with Gasteiger partial charge in [0.15, 0.2) is 0 Å². The first-order chi connectivity index (χ1) is 8.88. The number of hydrogen-bond acceptors (Lipinski definition) is 2. The lowest BCUT2D eigenvalue weighted by Gasteiger charge is -2.32. The molecule has 2 heteroatoms. The Hall–Kier alpha value is -1.54. The molecule has 0 saturated carbocycles. The maximum Gasteiger partial charge on any atom is 0.126 e. The first-order valence-corrected chi connectivity index (χ1v) is 6.53. The molecule has 1 aromatic carbocycles. The Morgan fingerprint density at radius 1 is 1.22 bits per heavy atom. The van der Waals surface area contributed by atoms with E-state index in [0.29, 0.717) is 0 Å². The van der Waals surface area contributed by atoms with Crippen LogP contribution in [0.15, 0.2) is 48.1 Å². The molecule has 0 N–H and O–H groups in total. The number of benzene rings is 1. The van der Waals surface area contributed by atoms with E-state index in [1.54, 1.807) is 7.11 Å². The molecular weight excluding hydrogens is 224 g/mol. The van der Waals surface area contributed by atoms with Crippen LogP contribution in [0.1, 0.15) is 30.9 Å². The second-order valence-electron chi connectivity index (χ2n) is 4.79. The maximum atomic E-state index is 6.10. The first kappa shape index (κ1) is 11.5. The lowest BCUT2D eigenvalue weighted by molar-refractivity contribution is 0.0426. The zero-order valence-corrected chi connectivity index (χ0v) is 10.6. The van der Waals surface area contributed by atoms with Crippen LogP contribution in [0.2, 0.25) is 0 Å². The van der Waals surface area contributed by atoms with Crippen LogP contribution >= 0.6 is 0 Å². The summed E-state index contributed by atoms with van der Waals surface area (Å²) >= 11 is 0. The summed E-state index contributed by atoms with van der Waals surface area (Å²) in [5, 5.41) is 0. The molecule has 2 atom stereocenters. The van der Waals surface area contributed by atoms with Crippen LogP contribution in [-0.2, 0) is 4.74 Å². The van der Waals surface area contributed by atoms with Gasteiger partial charge in [0.25, 0.3) is 0 Å². The van der Waals surface area contributed by atoms with Crippen molar-refractivity contribution in [1.82, 2.24) is 0 Å². The summed E-state index contributed by atoms with van der Waals surface area (Å²) < 4.78 is 11.7. The molecule has 0 spiro atoms. The summed E-state index contributed by atoms with van der Waals surface area (Å²) in [5.74, 6) is 0.959. The highest BCUT2D eigenvalue weighted by Crippen LogP contribution is 2.39. The van der Waals surface area contributed by atoms with Gasteiger partial charge in [-0.2, -0.15) is 0 Å². The molecular formula is C16H18O2. The quantitative estimate of drug-likeness (QED) is 0.785. The predicted molar refractivity (Wildman–Crippen MR) is 71.7 cm³/mol. The van der Waals surface area contributed by atoms with E-state index in [-0.39, 0.29) is 12.2 Å². The standard InChI is InChI=1S/C16H18O2/c1-17-16-11-15(12-7-3-2-4-8-12)18-14-10-6-5-9-13(14)16/h3,5-10,15-16H,2,4,11H2,1H3. The summed E-state index contributed by atoms with van der Waals surface area (Å²) in [5.41, 5.74) is 2.45. The van der Waals surface area contributed by atoms with Gasteiger partial charge in [-0.3, -0.25) is 0 Å². The minimum atomic E-state index is 0.126. The van der Waals surface area contributed by atoms with E-state index in [1.807, 2.05) is 18.2 Å². The lowest BCUT2D eigenvalue weighted by Crippen LogP contribution is -2.28. The summed E-state index contributed by atoms with van der Waals surface area (Å²) in [4.78, 5) is 0. The van der Waals surface area contributed by atoms with Gasteiger partial charge in [-0.05, 0) is 24.5 Å². The van der Waals surface area contributed by atoms with Crippen molar-refractivity contribution in [1.29, 1.82) is 0 Å². The average Bonchev–Trinajstić information content (AvgIpc) is 2.47. The summed E-state index contributed by atoms with van der Waals surface area (Å²) in [6.45, 7) is 0. The van der Waals surface area contributed by atoms with E-state index in [1.165, 1.54) is 5.57 Å². The van der Waals surface area contributed by atoms with Gasteiger partial charge in [0, 0.05) is 19.1 Å². The van der Waals surface area contributed by atoms with E-state index < -0.39 is 0 Å². The lowest BCUT2D eigenvalue weighted by atomic mass is 9.92. The van der Waals surface area contributed by atoms with E-state index in [4.69, 9.17) is 9.47 Å². The van der Waals surface area contributed by atoms with Gasteiger partial charge >= 0.3 is 0 Å². The molecule has 3 rings (SSSR count). The van der Waals surface area contributed by atoms with Crippen molar-refractivity contribution >= 4 is 0 Å². The second kappa shape index (κ2) is 4.99. The highest BCUT2D eigenvalue weighted by Gasteiger charge is 2.29. The number of rotatable bonds is 2. The molecule has 1 aromatic rings. The first-order valence-electron chi connectivity index (χ1n) is 6.53. The molecule has 1 heterocycles. The van der Waals surface area contributed by atoms with Crippen molar-refractivity contribution in [3.63, 3.8) is 0 Å². The van der Waals surface area contributed by atoms with Gasteiger partial charge < -0.3 is 9.47 Å². The molecule has 1 aliphatic heterocycles. The largest absolute Gasteiger partial charge is 0.485 e. The van der Waals surface area contributed by atoms with Crippen molar-refractivity contribution < 1.29 is 9.47 Å². The Morgan fingerprint density at radius 3 is 2.89 bits per heavy atom. The topological polar surface area (TPSA) is 18.5 Å². The van der Waals surface area contributed by atoms with Gasteiger partial charge in [-0.15, -0.1) is 0 Å². The SMILES string of the molecule is COC1CC(C2=CCCC=C2)Oc2ccccc21. The summed E-state index contributed by atoms with van der Waals surface area (Å²) in [7, 11) is 1.77. The van der Waals surface area contributed by atoms with Crippen LogP contribution in [0.5, 0.6) is 5.75 Å². The van der Waals surface area contributed by atoms with Crippen LogP contribution in [0.3, 0.4) is 0 Å². The number of allylic oxidation sites excluding steroid dienone is 2. The Morgan fingerprint density at radius 2 is 2.11 bits per heavy atom. The zero-order chi connectivity index (χ0) is 12.4. The molecule has 1 aliphatic carbocycles. The molecule has 0 radical (unpaired) electrons. The maximum absolute atomic E-state index is 6.10. The zero-order valence-electron chi connectivity index (χ0n) is 10.6. The fourth-order valence-corrected chi connectivity index (χ4v) is 2.68. The summed E-state index contributed by atoms with van der Waals surface area (Å²) in [6, 6.07) is 8.17. The fraction of sp³-hybridized carbons (Fsp3) is 0.375. The van der Waals surface area contributed by atoms with E-state index in [0.717, 1.165) is 30.6 Å². The van der Waals surface area contributed by atoms with E-state index in [2.05, 4.69) is 24.3 Å². The molecule has 18 heavy (non-hydrogen) atoms. The molecule has 0 amide bonds. The van der Waals surface area contributed by atoms with Crippen LogP contribution in [0, 0.1) is 0 Å². The van der Waals surface area contributed by atoms with Crippen LogP contribution in [0.4, 0.5) is 0 Å². The Kier molecular flexibility index (Phi) is 3.20. The van der Waals surface area contributed by atoms with E-state index in [9.17, 15) is 0 Å². The average molecular weight is 242 g/mol. The number of hydrogen-bond donors (Lipinski definition) is 0. The van der Waals surface area contributed by atoms with Crippen molar-refractivity contribution in [2.45, 2.75) is 31.5 Å². The normalized spacial score (nSPS) is 26.2. The van der Waals surface area contributed by atoms with Gasteiger partial charge in [0.1, 0.15) is 11.9 Å². The van der Waals surface area contributed by atoms with Gasteiger partial charge in [-0.25, -0.2) is 0 Å². The molecule has 0 fully saturated rings. The third-order valence-electron chi connectivity index (χ3n) is 3.64. The molecule has 2 aliphatic rings. The Bertz CT molecular complexity index is 488. The molecule has 2 unspecified atom stereocenters. The van der Waals surface area contributed by atoms with Crippen LogP contribution < -0.4 is 4.74 Å².